The Bertz CT molecular complexity index is 605. The number of amides is 1. The average Bonchev–Trinajstić information content (AvgIpc) is 2.91. The molecule has 3 rings (SSSR count). The van der Waals surface area contributed by atoms with E-state index in [0.717, 1.165) is 11.1 Å². The number of allylic oxidation sites excluding steroid dienone is 1. The highest BCUT2D eigenvalue weighted by atomic mass is 16.7. The van der Waals surface area contributed by atoms with Crippen molar-refractivity contribution in [1.82, 2.24) is 5.32 Å². The van der Waals surface area contributed by atoms with Gasteiger partial charge in [-0.1, -0.05) is 20.4 Å². The molecular formula is C16H19NO4. The zero-order chi connectivity index (χ0) is 15.4. The third kappa shape index (κ3) is 3.18. The van der Waals surface area contributed by atoms with Crippen LogP contribution in [0.4, 0.5) is 0 Å². The van der Waals surface area contributed by atoms with E-state index < -0.39 is 0 Å². The van der Waals surface area contributed by atoms with Crippen molar-refractivity contribution in [1.29, 1.82) is 0 Å². The maximum atomic E-state index is 11.0. The third-order valence-electron chi connectivity index (χ3n) is 2.92. The van der Waals surface area contributed by atoms with Crippen molar-refractivity contribution < 1.29 is 19.0 Å². The minimum Gasteiger partial charge on any atom is -0.457 e. The third-order valence-corrected chi connectivity index (χ3v) is 2.92. The van der Waals surface area contributed by atoms with Crippen LogP contribution in [0.5, 0.6) is 17.2 Å². The van der Waals surface area contributed by atoms with Crippen LogP contribution in [0.1, 0.15) is 26.3 Å². The highest BCUT2D eigenvalue weighted by molar-refractivity contribution is 5.81. The molecular weight excluding hydrogens is 270 g/mol. The number of benzene rings is 1. The van der Waals surface area contributed by atoms with Crippen molar-refractivity contribution >= 4 is 11.5 Å². The topological polar surface area (TPSA) is 56.8 Å². The molecule has 0 aromatic heterocycles. The summed E-state index contributed by atoms with van der Waals surface area (Å²) in [5, 5.41) is 2.77. The van der Waals surface area contributed by atoms with Gasteiger partial charge in [0.2, 0.25) is 12.7 Å². The molecule has 0 saturated heterocycles. The molecule has 112 valence electrons. The lowest BCUT2D eigenvalue weighted by Crippen LogP contribution is -2.23. The first-order valence-electron chi connectivity index (χ1n) is 6.89. The summed E-state index contributed by atoms with van der Waals surface area (Å²) in [4.78, 5) is 11.0. The van der Waals surface area contributed by atoms with Crippen LogP contribution in [0, 0.1) is 0 Å². The van der Waals surface area contributed by atoms with E-state index in [1.165, 1.54) is 6.92 Å². The van der Waals surface area contributed by atoms with Crippen LogP contribution in [0.25, 0.3) is 5.57 Å². The quantitative estimate of drug-likeness (QED) is 0.909. The Kier molecular flexibility index (Phi) is 4.52. The van der Waals surface area contributed by atoms with E-state index >= 15 is 0 Å². The van der Waals surface area contributed by atoms with Gasteiger partial charge < -0.3 is 19.5 Å². The van der Waals surface area contributed by atoms with E-state index in [0.29, 0.717) is 29.6 Å². The molecule has 0 atom stereocenters. The summed E-state index contributed by atoms with van der Waals surface area (Å²) in [6.07, 6.45) is 1.81. The van der Waals surface area contributed by atoms with Crippen LogP contribution in [0.3, 0.4) is 0 Å². The molecule has 0 saturated carbocycles. The van der Waals surface area contributed by atoms with Crippen molar-refractivity contribution in [2.45, 2.75) is 20.8 Å². The van der Waals surface area contributed by atoms with Crippen LogP contribution in [0.2, 0.25) is 0 Å². The molecule has 0 radical (unpaired) electrons. The van der Waals surface area contributed by atoms with E-state index in [-0.39, 0.29) is 12.7 Å². The number of fused-ring (bicyclic) bond motifs is 2. The molecule has 1 aromatic carbocycles. The second-order valence-corrected chi connectivity index (χ2v) is 4.35. The van der Waals surface area contributed by atoms with E-state index in [4.69, 9.17) is 14.2 Å². The molecule has 2 aliphatic heterocycles. The molecule has 0 spiro atoms. The summed E-state index contributed by atoms with van der Waals surface area (Å²) in [6, 6.07) is 3.64. The van der Waals surface area contributed by atoms with Crippen molar-refractivity contribution in [3.05, 3.63) is 36.1 Å². The molecule has 1 aromatic rings. The van der Waals surface area contributed by atoms with Crippen LogP contribution >= 0.6 is 0 Å². The first kappa shape index (κ1) is 15.0. The molecule has 2 heterocycles. The number of rotatable bonds is 2. The van der Waals surface area contributed by atoms with Gasteiger partial charge in [0, 0.05) is 25.1 Å². The van der Waals surface area contributed by atoms with Crippen molar-refractivity contribution in [2.24, 2.45) is 0 Å². The number of hydrogen-bond donors (Lipinski definition) is 1. The summed E-state index contributed by atoms with van der Waals surface area (Å²) in [5.41, 5.74) is 1.81. The summed E-state index contributed by atoms with van der Waals surface area (Å²) in [7, 11) is 0. The van der Waals surface area contributed by atoms with Crippen LogP contribution in [-0.4, -0.2) is 19.2 Å². The predicted octanol–water partition coefficient (Wildman–Crippen LogP) is 2.87. The van der Waals surface area contributed by atoms with E-state index in [1.54, 1.807) is 12.1 Å². The van der Waals surface area contributed by atoms with Gasteiger partial charge in [-0.25, -0.2) is 0 Å². The van der Waals surface area contributed by atoms with Crippen molar-refractivity contribution in [2.75, 3.05) is 13.3 Å². The van der Waals surface area contributed by atoms with Crippen LogP contribution in [0.15, 0.2) is 30.5 Å². The van der Waals surface area contributed by atoms with E-state index in [1.807, 2.05) is 19.9 Å². The zero-order valence-electron chi connectivity index (χ0n) is 12.5. The SMILES string of the molecule is C=C1C=C(CNC(C)=O)c2cc3c(cc2O1)OCO3.CC. The van der Waals surface area contributed by atoms with Gasteiger partial charge in [0.05, 0.1) is 0 Å². The Hall–Kier alpha value is -2.43. The Morgan fingerprint density at radius 2 is 1.90 bits per heavy atom. The molecule has 0 unspecified atom stereocenters. The Morgan fingerprint density at radius 3 is 2.57 bits per heavy atom. The van der Waals surface area contributed by atoms with Gasteiger partial charge in [-0.05, 0) is 17.7 Å². The number of carbonyl (C=O) groups is 1. The van der Waals surface area contributed by atoms with Gasteiger partial charge >= 0.3 is 0 Å². The largest absolute Gasteiger partial charge is 0.457 e. The molecule has 5 heteroatoms. The molecule has 0 aliphatic carbocycles. The fraction of sp³-hybridized carbons (Fsp3) is 0.312. The standard InChI is InChI=1S/C14H13NO4.C2H6/c1-8-3-10(6-15-9(2)16)11-4-13-14(18-7-17-13)5-12(11)19-8;1-2/h3-5H,1,6-7H2,2H3,(H,15,16);1-2H3. The zero-order valence-corrected chi connectivity index (χ0v) is 12.5. The van der Waals surface area contributed by atoms with Gasteiger partial charge in [0.1, 0.15) is 11.5 Å². The Balaban J connectivity index is 0.000000774. The van der Waals surface area contributed by atoms with Gasteiger partial charge in [0.25, 0.3) is 0 Å². The van der Waals surface area contributed by atoms with Gasteiger partial charge in [-0.15, -0.1) is 0 Å². The predicted molar refractivity (Wildman–Crippen MR) is 80.3 cm³/mol. The molecule has 0 fully saturated rings. The Labute approximate surface area is 124 Å². The van der Waals surface area contributed by atoms with Crippen molar-refractivity contribution in [3.63, 3.8) is 0 Å². The second kappa shape index (κ2) is 6.35. The van der Waals surface area contributed by atoms with Gasteiger partial charge in [-0.3, -0.25) is 4.79 Å². The lowest BCUT2D eigenvalue weighted by Gasteiger charge is -2.20. The molecule has 2 aliphatic rings. The molecule has 5 nitrogen and oxygen atoms in total. The number of nitrogens with one attached hydrogen (secondary N) is 1. The van der Waals surface area contributed by atoms with E-state index in [9.17, 15) is 4.79 Å². The highest BCUT2D eigenvalue weighted by Gasteiger charge is 2.23. The maximum Gasteiger partial charge on any atom is 0.231 e. The number of carbonyl (C=O) groups excluding carboxylic acids is 1. The lowest BCUT2D eigenvalue weighted by atomic mass is 10.0. The molecule has 1 amide bonds. The van der Waals surface area contributed by atoms with Gasteiger partial charge in [0.15, 0.2) is 11.5 Å². The monoisotopic (exact) mass is 289 g/mol. The first-order chi connectivity index (χ1) is 10.1. The summed E-state index contributed by atoms with van der Waals surface area (Å²) < 4.78 is 16.2. The molecule has 0 bridgehead atoms. The number of hydrogen-bond acceptors (Lipinski definition) is 4. The Morgan fingerprint density at radius 1 is 1.24 bits per heavy atom. The first-order valence-corrected chi connectivity index (χ1v) is 6.89. The van der Waals surface area contributed by atoms with Crippen molar-refractivity contribution in [3.8, 4) is 17.2 Å². The molecule has 1 N–H and O–H groups in total. The van der Waals surface area contributed by atoms with Gasteiger partial charge in [-0.2, -0.15) is 0 Å². The fourth-order valence-corrected chi connectivity index (χ4v) is 2.07. The normalized spacial score (nSPS) is 14.2. The fourth-order valence-electron chi connectivity index (χ4n) is 2.07. The maximum absolute atomic E-state index is 11.0. The minimum absolute atomic E-state index is 0.0831. The smallest absolute Gasteiger partial charge is 0.231 e. The molecule has 21 heavy (non-hydrogen) atoms. The second-order valence-electron chi connectivity index (χ2n) is 4.35. The summed E-state index contributed by atoms with van der Waals surface area (Å²) in [6.45, 7) is 9.92. The van der Waals surface area contributed by atoms with Crippen LogP contribution < -0.4 is 19.5 Å². The lowest BCUT2D eigenvalue weighted by molar-refractivity contribution is -0.118. The highest BCUT2D eigenvalue weighted by Crippen LogP contribution is 2.43. The van der Waals surface area contributed by atoms with Crippen LogP contribution in [-0.2, 0) is 4.79 Å². The number of ether oxygens (including phenoxy) is 3. The summed E-state index contributed by atoms with van der Waals surface area (Å²) in [5.74, 6) is 2.46. The minimum atomic E-state index is -0.0831. The summed E-state index contributed by atoms with van der Waals surface area (Å²) >= 11 is 0. The average molecular weight is 289 g/mol. The van der Waals surface area contributed by atoms with E-state index in [2.05, 4.69) is 11.9 Å².